The maximum atomic E-state index is 12.8. The lowest BCUT2D eigenvalue weighted by atomic mass is 9.74. The lowest BCUT2D eigenvalue weighted by Gasteiger charge is -2.52. The summed E-state index contributed by atoms with van der Waals surface area (Å²) in [5, 5.41) is 3.38. The van der Waals surface area contributed by atoms with E-state index in [-0.39, 0.29) is 11.3 Å². The number of thiophene rings is 1. The molecule has 8 heteroatoms. The van der Waals surface area contributed by atoms with Gasteiger partial charge in [-0.05, 0) is 46.2 Å². The van der Waals surface area contributed by atoms with Gasteiger partial charge in [-0.1, -0.05) is 13.8 Å². The molecule has 7 nitrogen and oxygen atoms in total. The molecule has 0 bridgehead atoms. The third kappa shape index (κ3) is 4.80. The Morgan fingerprint density at radius 1 is 1.33 bits per heavy atom. The molecule has 2 amide bonds. The first-order valence-electron chi connectivity index (χ1n) is 8.94. The second-order valence-corrected chi connectivity index (χ2v) is 9.38. The Labute approximate surface area is 164 Å². The summed E-state index contributed by atoms with van der Waals surface area (Å²) in [7, 11) is 0. The number of amides is 2. The fourth-order valence-electron chi connectivity index (χ4n) is 3.05. The van der Waals surface area contributed by atoms with E-state index in [1.165, 1.54) is 16.2 Å². The summed E-state index contributed by atoms with van der Waals surface area (Å²) < 4.78 is 10.4. The van der Waals surface area contributed by atoms with Crippen LogP contribution >= 0.6 is 11.3 Å². The van der Waals surface area contributed by atoms with Crippen molar-refractivity contribution in [2.45, 2.75) is 60.1 Å². The summed E-state index contributed by atoms with van der Waals surface area (Å²) in [5.74, 6) is -0.700. The molecular weight excluding hydrogens is 368 g/mol. The summed E-state index contributed by atoms with van der Waals surface area (Å²) >= 11 is 1.17. The van der Waals surface area contributed by atoms with Gasteiger partial charge in [0.2, 0.25) is 5.91 Å². The van der Waals surface area contributed by atoms with Crippen LogP contribution in [0.1, 0.15) is 56.8 Å². The number of carbonyl (C=O) groups is 3. The number of carbonyl (C=O) groups excluding carboxylic acids is 3. The highest BCUT2D eigenvalue weighted by atomic mass is 32.1. The van der Waals surface area contributed by atoms with Gasteiger partial charge < -0.3 is 14.8 Å². The van der Waals surface area contributed by atoms with Crippen molar-refractivity contribution in [2.75, 3.05) is 18.5 Å². The summed E-state index contributed by atoms with van der Waals surface area (Å²) in [4.78, 5) is 39.1. The number of anilines is 1. The van der Waals surface area contributed by atoms with Crippen LogP contribution in [-0.4, -0.2) is 47.7 Å². The predicted molar refractivity (Wildman–Crippen MR) is 104 cm³/mol. The molecule has 1 aliphatic rings. The Morgan fingerprint density at radius 3 is 2.48 bits per heavy atom. The molecule has 2 rings (SSSR count). The first-order valence-corrected chi connectivity index (χ1v) is 9.75. The minimum absolute atomic E-state index is 0.291. The Hall–Kier alpha value is -2.09. The minimum atomic E-state index is -0.638. The van der Waals surface area contributed by atoms with Crippen molar-refractivity contribution in [2.24, 2.45) is 5.41 Å². The number of rotatable bonds is 4. The fraction of sp³-hybridized carbons (Fsp3) is 0.632. The molecule has 1 aliphatic heterocycles. The van der Waals surface area contributed by atoms with E-state index in [4.69, 9.17) is 9.47 Å². The van der Waals surface area contributed by atoms with Crippen LogP contribution in [0.25, 0.3) is 0 Å². The zero-order chi connectivity index (χ0) is 20.6. The molecule has 2 heterocycles. The first kappa shape index (κ1) is 21.2. The number of nitrogens with one attached hydrogen (secondary N) is 1. The monoisotopic (exact) mass is 396 g/mol. The molecule has 0 radical (unpaired) electrons. The lowest BCUT2D eigenvalue weighted by Crippen LogP contribution is -2.68. The number of likely N-dealkylation sites (tertiary alicyclic amines) is 1. The topological polar surface area (TPSA) is 84.9 Å². The Balaban J connectivity index is 2.12. The van der Waals surface area contributed by atoms with Crippen LogP contribution in [0.2, 0.25) is 0 Å². The zero-order valence-corrected chi connectivity index (χ0v) is 17.8. The van der Waals surface area contributed by atoms with Gasteiger partial charge in [0.25, 0.3) is 0 Å². The molecule has 1 aromatic rings. The Kier molecular flexibility index (Phi) is 5.89. The number of hydrogen-bond donors (Lipinski definition) is 1. The van der Waals surface area contributed by atoms with Gasteiger partial charge in [0, 0.05) is 12.0 Å². The zero-order valence-electron chi connectivity index (χ0n) is 17.0. The third-order valence-corrected chi connectivity index (χ3v) is 5.26. The molecule has 0 saturated carbocycles. The van der Waals surface area contributed by atoms with E-state index in [9.17, 15) is 14.4 Å². The highest BCUT2D eigenvalue weighted by Crippen LogP contribution is 2.39. The molecule has 1 N–H and O–H groups in total. The van der Waals surface area contributed by atoms with Gasteiger partial charge in [-0.25, -0.2) is 9.59 Å². The summed E-state index contributed by atoms with van der Waals surface area (Å²) in [6.45, 7) is 13.5. The van der Waals surface area contributed by atoms with Crippen LogP contribution in [0.3, 0.4) is 0 Å². The first-order chi connectivity index (χ1) is 12.4. The average Bonchev–Trinajstić information content (AvgIpc) is 2.83. The van der Waals surface area contributed by atoms with Crippen molar-refractivity contribution in [3.63, 3.8) is 0 Å². The van der Waals surface area contributed by atoms with E-state index in [2.05, 4.69) is 5.32 Å². The van der Waals surface area contributed by atoms with Crippen molar-refractivity contribution in [3.05, 3.63) is 16.5 Å². The smallest absolute Gasteiger partial charge is 0.411 e. The summed E-state index contributed by atoms with van der Waals surface area (Å²) in [6.07, 6.45) is -0.503. The minimum Gasteiger partial charge on any atom is -0.462 e. The molecular formula is C19H28N2O5S. The summed E-state index contributed by atoms with van der Waals surface area (Å²) in [5.41, 5.74) is -0.250. The van der Waals surface area contributed by atoms with Gasteiger partial charge in [-0.15, -0.1) is 11.3 Å². The second-order valence-electron chi connectivity index (χ2n) is 8.33. The van der Waals surface area contributed by atoms with Crippen molar-refractivity contribution in [1.29, 1.82) is 0 Å². The van der Waals surface area contributed by atoms with E-state index in [1.54, 1.807) is 40.7 Å². The average molecular weight is 397 g/mol. The van der Waals surface area contributed by atoms with E-state index >= 15 is 0 Å². The van der Waals surface area contributed by atoms with Gasteiger partial charge in [0.15, 0.2) is 0 Å². The molecule has 0 aromatic carbocycles. The van der Waals surface area contributed by atoms with E-state index in [0.717, 1.165) is 5.56 Å². The largest absolute Gasteiger partial charge is 0.462 e. The van der Waals surface area contributed by atoms with E-state index in [0.29, 0.717) is 23.0 Å². The van der Waals surface area contributed by atoms with E-state index in [1.807, 2.05) is 13.8 Å². The molecule has 150 valence electrons. The van der Waals surface area contributed by atoms with Crippen LogP contribution in [0.4, 0.5) is 9.80 Å². The highest BCUT2D eigenvalue weighted by Gasteiger charge is 2.53. The van der Waals surface area contributed by atoms with Crippen molar-refractivity contribution in [1.82, 2.24) is 4.90 Å². The number of aryl methyl sites for hydroxylation is 1. The van der Waals surface area contributed by atoms with Crippen LogP contribution in [0.5, 0.6) is 0 Å². The van der Waals surface area contributed by atoms with Crippen LogP contribution in [-0.2, 0) is 14.3 Å². The number of esters is 1. The molecule has 1 fully saturated rings. The maximum absolute atomic E-state index is 12.8. The van der Waals surface area contributed by atoms with Gasteiger partial charge in [-0.3, -0.25) is 9.69 Å². The van der Waals surface area contributed by atoms with Gasteiger partial charge in [-0.2, -0.15) is 0 Å². The highest BCUT2D eigenvalue weighted by molar-refractivity contribution is 7.18. The van der Waals surface area contributed by atoms with Gasteiger partial charge >= 0.3 is 12.1 Å². The second kappa shape index (κ2) is 7.50. The molecule has 0 aliphatic carbocycles. The van der Waals surface area contributed by atoms with Crippen LogP contribution < -0.4 is 5.32 Å². The van der Waals surface area contributed by atoms with E-state index < -0.39 is 23.7 Å². The molecule has 1 atom stereocenters. The predicted octanol–water partition coefficient (Wildman–Crippen LogP) is 3.82. The molecule has 1 unspecified atom stereocenters. The number of nitrogens with zero attached hydrogens (tertiary/aromatic N) is 1. The molecule has 27 heavy (non-hydrogen) atoms. The van der Waals surface area contributed by atoms with Crippen molar-refractivity contribution < 1.29 is 23.9 Å². The lowest BCUT2D eigenvalue weighted by molar-refractivity contribution is -0.136. The molecule has 1 saturated heterocycles. The standard InChI is InChI=1S/C19H28N2O5S/c1-8-25-16(23)13-11(2)9-12(27-13)20-15(22)14-19(6,7)10-21(14)17(24)26-18(3,4)5/h9,14H,8,10H2,1-7H3,(H,20,22). The number of ether oxygens (including phenoxy) is 2. The SMILES string of the molecule is CCOC(=O)c1sc(NC(=O)C2N(C(=O)OC(C)(C)C)CC2(C)C)cc1C. The quantitative estimate of drug-likeness (QED) is 0.782. The van der Waals surface area contributed by atoms with Crippen LogP contribution in [0, 0.1) is 12.3 Å². The molecule has 0 spiro atoms. The van der Waals surface area contributed by atoms with Crippen LogP contribution in [0.15, 0.2) is 6.07 Å². The maximum Gasteiger partial charge on any atom is 0.411 e. The fourth-order valence-corrected chi connectivity index (χ4v) is 4.02. The normalized spacial score (nSPS) is 18.5. The number of hydrogen-bond acceptors (Lipinski definition) is 6. The summed E-state index contributed by atoms with van der Waals surface area (Å²) in [6, 6.07) is 1.10. The van der Waals surface area contributed by atoms with Gasteiger partial charge in [0.1, 0.15) is 16.5 Å². The van der Waals surface area contributed by atoms with Crippen molar-refractivity contribution >= 4 is 34.3 Å². The van der Waals surface area contributed by atoms with Crippen molar-refractivity contribution in [3.8, 4) is 0 Å². The molecule has 1 aromatic heterocycles. The Bertz CT molecular complexity index is 748. The van der Waals surface area contributed by atoms with Gasteiger partial charge in [0.05, 0.1) is 11.6 Å². The third-order valence-electron chi connectivity index (χ3n) is 4.13. The Morgan fingerprint density at radius 2 is 1.96 bits per heavy atom.